The van der Waals surface area contributed by atoms with E-state index >= 15 is 0 Å². The monoisotopic (exact) mass is 309 g/mol. The summed E-state index contributed by atoms with van der Waals surface area (Å²) < 4.78 is 11.1. The fraction of sp³-hybridized carbons (Fsp3) is 0.286. The molecule has 0 aliphatic heterocycles. The van der Waals surface area contributed by atoms with Crippen molar-refractivity contribution in [1.82, 2.24) is 20.6 Å². The van der Waals surface area contributed by atoms with Gasteiger partial charge in [-0.1, -0.05) is 0 Å². The third-order valence-corrected chi connectivity index (χ3v) is 2.89. The smallest absolute Gasteiger partial charge is 0.487 e. The van der Waals surface area contributed by atoms with Crippen LogP contribution in [-0.2, 0) is 0 Å². The van der Waals surface area contributed by atoms with E-state index in [0.717, 1.165) is 10.9 Å². The number of fused-ring (bicyclic) bond motifs is 1. The van der Waals surface area contributed by atoms with Crippen molar-refractivity contribution in [2.45, 2.75) is 26.9 Å². The second kappa shape index (κ2) is 6.60. The third kappa shape index (κ3) is 3.21. The van der Waals surface area contributed by atoms with Crippen LogP contribution in [0.5, 0.6) is 5.75 Å². The molecule has 2 aromatic heterocycles. The summed E-state index contributed by atoms with van der Waals surface area (Å²) in [4.78, 5) is 12.1. The van der Waals surface area contributed by atoms with E-state index in [1.807, 2.05) is 32.9 Å². The van der Waals surface area contributed by atoms with E-state index in [2.05, 4.69) is 20.6 Å². The average Bonchev–Trinajstić information content (AvgIpc) is 2.92. The van der Waals surface area contributed by atoms with E-state index in [0.29, 0.717) is 11.3 Å². The van der Waals surface area contributed by atoms with Crippen molar-refractivity contribution in [2.75, 3.05) is 0 Å². The maximum absolute atomic E-state index is 12.1. The van der Waals surface area contributed by atoms with Crippen molar-refractivity contribution in [1.29, 1.82) is 0 Å². The molecule has 1 N–H and O–H groups in total. The molecule has 0 saturated heterocycles. The maximum Gasteiger partial charge on any atom is 1.00 e. The van der Waals surface area contributed by atoms with Crippen LogP contribution in [0, 0.1) is 6.92 Å². The van der Waals surface area contributed by atoms with Crippen LogP contribution in [0.1, 0.15) is 19.4 Å². The van der Waals surface area contributed by atoms with Gasteiger partial charge in [0.2, 0.25) is 5.82 Å². The van der Waals surface area contributed by atoms with Gasteiger partial charge in [-0.2, -0.15) is 5.21 Å². The van der Waals surface area contributed by atoms with Gasteiger partial charge < -0.3 is 9.15 Å². The molecule has 0 aliphatic rings. The van der Waals surface area contributed by atoms with Crippen LogP contribution in [-0.4, -0.2) is 26.7 Å². The molecule has 7 nitrogen and oxygen atoms in total. The summed E-state index contributed by atoms with van der Waals surface area (Å²) in [5.74, 6) is 0.759. The minimum atomic E-state index is -0.527. The maximum atomic E-state index is 12.1. The topological polar surface area (TPSA) is 93.9 Å². The van der Waals surface area contributed by atoms with Gasteiger partial charge in [-0.3, -0.25) is 0 Å². The molecule has 108 valence electrons. The average molecular weight is 309 g/mol. The van der Waals surface area contributed by atoms with Crippen molar-refractivity contribution in [3.8, 4) is 17.1 Å². The summed E-state index contributed by atoms with van der Waals surface area (Å²) in [5, 5.41) is 14.1. The number of aromatic nitrogens is 4. The number of nitrogens with one attached hydrogen (secondary N) is 1. The van der Waals surface area contributed by atoms with Gasteiger partial charge in [0.05, 0.1) is 6.10 Å². The number of hydrogen-bond donors (Lipinski definition) is 1. The Kier molecular flexibility index (Phi) is 5.00. The third-order valence-electron chi connectivity index (χ3n) is 2.89. The van der Waals surface area contributed by atoms with Crippen LogP contribution in [0.3, 0.4) is 0 Å². The minimum Gasteiger partial charge on any atom is -0.487 e. The number of tetrazole rings is 1. The summed E-state index contributed by atoms with van der Waals surface area (Å²) >= 11 is 0. The Hall–Kier alpha value is -1.70. The molecule has 2 heterocycles. The molecular weight excluding hydrogens is 295 g/mol. The van der Waals surface area contributed by atoms with Crippen molar-refractivity contribution in [3.63, 3.8) is 0 Å². The molecule has 0 radical (unpaired) electrons. The Morgan fingerprint density at radius 3 is 2.68 bits per heavy atom. The van der Waals surface area contributed by atoms with Crippen LogP contribution < -0.4 is 39.9 Å². The number of ether oxygens (including phenoxy) is 1. The van der Waals surface area contributed by atoms with Crippen molar-refractivity contribution >= 4 is 11.0 Å². The van der Waals surface area contributed by atoms with Gasteiger partial charge in [-0.15, -0.1) is 10.2 Å². The van der Waals surface area contributed by atoms with E-state index in [-0.39, 0.29) is 47.0 Å². The number of aromatic amines is 1. The number of H-pyrrole nitrogens is 1. The Morgan fingerprint density at radius 2 is 2.05 bits per heavy atom. The molecule has 0 amide bonds. The summed E-state index contributed by atoms with van der Waals surface area (Å²) in [6, 6.07) is 5.44. The molecule has 0 aliphatic carbocycles. The van der Waals surface area contributed by atoms with Crippen molar-refractivity contribution in [2.24, 2.45) is 0 Å². The molecular formula is C14H14N4NaO3+. The van der Waals surface area contributed by atoms with Gasteiger partial charge in [0, 0.05) is 5.39 Å². The summed E-state index contributed by atoms with van der Waals surface area (Å²) in [6.07, 6.45) is -0.0165. The fourth-order valence-electron chi connectivity index (χ4n) is 2.12. The predicted octanol–water partition coefficient (Wildman–Crippen LogP) is -0.927. The van der Waals surface area contributed by atoms with Crippen molar-refractivity contribution < 1.29 is 38.7 Å². The molecule has 0 fully saturated rings. The first kappa shape index (κ1) is 16.7. The number of hydrogen-bond acceptors (Lipinski definition) is 6. The van der Waals surface area contributed by atoms with Gasteiger partial charge in [0.25, 0.3) is 0 Å². The van der Waals surface area contributed by atoms with E-state index in [1.54, 1.807) is 6.07 Å². The zero-order valence-corrected chi connectivity index (χ0v) is 14.9. The summed E-state index contributed by atoms with van der Waals surface area (Å²) in [5.41, 5.74) is 1.16. The molecule has 0 atom stereocenters. The standard InChI is InChI=1S/C14H14N4O3.Na/c1-7(2)20-11-5-8(3)4-9-6-10(13-15-17-18-16-13)14(19)21-12(9)11;/h4-7H,1-3H3,(H,15,16,17,18);/q;+1. The Labute approximate surface area is 148 Å². The van der Waals surface area contributed by atoms with Gasteiger partial charge in [0.1, 0.15) is 5.56 Å². The molecule has 0 saturated carbocycles. The number of rotatable bonds is 3. The van der Waals surface area contributed by atoms with Gasteiger partial charge in [-0.05, 0) is 49.7 Å². The fourth-order valence-corrected chi connectivity index (χ4v) is 2.12. The van der Waals surface area contributed by atoms with E-state index < -0.39 is 5.63 Å². The SMILES string of the molecule is Cc1cc(OC(C)C)c2oc(=O)c(-c3nn[nH]n3)cc2c1.[Na+]. The first-order chi connectivity index (χ1) is 10.0. The first-order valence-corrected chi connectivity index (χ1v) is 6.53. The first-order valence-electron chi connectivity index (χ1n) is 6.53. The largest absolute Gasteiger partial charge is 1.00 e. The Morgan fingerprint density at radius 1 is 1.27 bits per heavy atom. The second-order valence-corrected chi connectivity index (χ2v) is 5.03. The van der Waals surface area contributed by atoms with Crippen LogP contribution in [0.2, 0.25) is 0 Å². The molecule has 3 rings (SSSR count). The summed E-state index contributed by atoms with van der Waals surface area (Å²) in [6.45, 7) is 5.78. The molecule has 0 spiro atoms. The molecule has 1 aromatic carbocycles. The molecule has 3 aromatic rings. The minimum absolute atomic E-state index is 0. The van der Waals surface area contributed by atoms with Gasteiger partial charge in [-0.25, -0.2) is 4.79 Å². The van der Waals surface area contributed by atoms with E-state index in [1.165, 1.54) is 0 Å². The Balaban J connectivity index is 0.00000176. The van der Waals surface area contributed by atoms with E-state index in [9.17, 15) is 4.79 Å². The zero-order chi connectivity index (χ0) is 15.0. The number of nitrogens with zero attached hydrogens (tertiary/aromatic N) is 3. The van der Waals surface area contributed by atoms with Crippen LogP contribution in [0.15, 0.2) is 27.4 Å². The van der Waals surface area contributed by atoms with Crippen LogP contribution in [0.25, 0.3) is 22.4 Å². The van der Waals surface area contributed by atoms with E-state index in [4.69, 9.17) is 9.15 Å². The Bertz CT molecular complexity index is 843. The molecule has 0 bridgehead atoms. The van der Waals surface area contributed by atoms with Crippen molar-refractivity contribution in [3.05, 3.63) is 34.2 Å². The summed E-state index contributed by atoms with van der Waals surface area (Å²) in [7, 11) is 0. The van der Waals surface area contributed by atoms with Gasteiger partial charge >= 0.3 is 35.2 Å². The van der Waals surface area contributed by atoms with Gasteiger partial charge in [0.15, 0.2) is 11.3 Å². The molecule has 22 heavy (non-hydrogen) atoms. The quantitative estimate of drug-likeness (QED) is 0.496. The molecule has 8 heteroatoms. The van der Waals surface area contributed by atoms with Crippen LogP contribution >= 0.6 is 0 Å². The normalized spacial score (nSPS) is 10.7. The second-order valence-electron chi connectivity index (χ2n) is 5.03. The number of benzene rings is 1. The predicted molar refractivity (Wildman–Crippen MR) is 76.2 cm³/mol. The molecule has 0 unspecified atom stereocenters. The number of aryl methyl sites for hydroxylation is 1. The van der Waals surface area contributed by atoms with Crippen LogP contribution in [0.4, 0.5) is 0 Å². The zero-order valence-electron chi connectivity index (χ0n) is 12.9.